The molecule has 1 aromatic rings. The molecule has 1 heterocycles. The van der Waals surface area contributed by atoms with Crippen molar-refractivity contribution in [2.75, 3.05) is 0 Å². The minimum atomic E-state index is -1.12. The Morgan fingerprint density at radius 3 is 2.90 bits per heavy atom. The van der Waals surface area contributed by atoms with E-state index < -0.39 is 5.97 Å². The van der Waals surface area contributed by atoms with E-state index in [0.29, 0.717) is 5.69 Å². The monoisotopic (exact) mass is 182 g/mol. The van der Waals surface area contributed by atoms with Gasteiger partial charge in [-0.25, -0.2) is 0 Å². The summed E-state index contributed by atoms with van der Waals surface area (Å²) < 4.78 is 7.28. The van der Waals surface area contributed by atoms with E-state index in [1.54, 1.807) is 0 Å². The molecule has 0 N–H and O–H groups in total. The molecular formula is C4H3KN2O2S. The van der Waals surface area contributed by atoms with Crippen LogP contribution in [0.25, 0.3) is 0 Å². The summed E-state index contributed by atoms with van der Waals surface area (Å²) >= 11 is 0.990. The van der Waals surface area contributed by atoms with Crippen LogP contribution < -0.4 is 56.5 Å². The van der Waals surface area contributed by atoms with E-state index >= 15 is 0 Å². The number of aromatic nitrogens is 2. The Morgan fingerprint density at radius 1 is 1.80 bits per heavy atom. The van der Waals surface area contributed by atoms with E-state index in [1.807, 2.05) is 0 Å². The Hall–Kier alpha value is 0.666. The van der Waals surface area contributed by atoms with Crippen molar-refractivity contribution in [3.05, 3.63) is 11.9 Å². The summed E-state index contributed by atoms with van der Waals surface area (Å²) in [6.07, 6.45) is 1.27. The molecule has 1 rings (SSSR count). The van der Waals surface area contributed by atoms with Crippen molar-refractivity contribution in [3.8, 4) is 0 Å². The first-order valence-electron chi connectivity index (χ1n) is 2.25. The van der Waals surface area contributed by atoms with E-state index in [1.165, 1.54) is 6.20 Å². The molecule has 0 radical (unpaired) electrons. The molecule has 1 aromatic heterocycles. The topological polar surface area (TPSA) is 65.9 Å². The zero-order valence-electron chi connectivity index (χ0n) is 5.40. The zero-order valence-corrected chi connectivity index (χ0v) is 9.34. The van der Waals surface area contributed by atoms with Crippen LogP contribution in [0.4, 0.5) is 0 Å². The Labute approximate surface area is 104 Å². The summed E-state index contributed by atoms with van der Waals surface area (Å²) in [6.45, 7) is 0. The molecule has 10 heavy (non-hydrogen) atoms. The molecule has 0 unspecified atom stereocenters. The van der Waals surface area contributed by atoms with Crippen molar-refractivity contribution in [1.29, 1.82) is 0 Å². The van der Waals surface area contributed by atoms with Crippen LogP contribution in [0, 0.1) is 0 Å². The molecule has 0 saturated carbocycles. The molecule has 0 fully saturated rings. The summed E-state index contributed by atoms with van der Waals surface area (Å²) in [6, 6.07) is 0. The number of rotatable bonds is 2. The molecule has 0 amide bonds. The van der Waals surface area contributed by atoms with Gasteiger partial charge in [-0.1, -0.05) is 0 Å². The Balaban J connectivity index is 0.000000810. The second-order valence-electron chi connectivity index (χ2n) is 1.45. The van der Waals surface area contributed by atoms with Crippen LogP contribution in [0.5, 0.6) is 0 Å². The van der Waals surface area contributed by atoms with E-state index in [9.17, 15) is 9.90 Å². The van der Waals surface area contributed by atoms with Crippen molar-refractivity contribution in [1.82, 2.24) is 8.75 Å². The van der Waals surface area contributed by atoms with Gasteiger partial charge in [0.2, 0.25) is 0 Å². The maximum atomic E-state index is 9.89. The summed E-state index contributed by atoms with van der Waals surface area (Å²) in [4.78, 5) is 9.89. The SMILES string of the molecule is O=C([O-])Cc1cnsn1.[K+]. The minimum Gasteiger partial charge on any atom is -0.550 e. The first kappa shape index (κ1) is 10.7. The first-order chi connectivity index (χ1) is 4.29. The molecule has 0 saturated heterocycles. The third-order valence-electron chi connectivity index (χ3n) is 0.732. The molecule has 4 nitrogen and oxygen atoms in total. The molecule has 6 heteroatoms. The van der Waals surface area contributed by atoms with E-state index in [2.05, 4.69) is 8.75 Å². The number of carboxylic acids is 1. The smallest absolute Gasteiger partial charge is 0.550 e. The average molecular weight is 182 g/mol. The van der Waals surface area contributed by atoms with Gasteiger partial charge in [-0.2, -0.15) is 8.75 Å². The number of carbonyl (C=O) groups excluding carboxylic acids is 1. The molecule has 0 atom stereocenters. The largest absolute Gasteiger partial charge is 1.00 e. The number of hydrogen-bond donors (Lipinski definition) is 0. The third kappa shape index (κ3) is 3.74. The van der Waals surface area contributed by atoms with Crippen LogP contribution in [-0.4, -0.2) is 14.7 Å². The molecule has 48 valence electrons. The van der Waals surface area contributed by atoms with Crippen LogP contribution >= 0.6 is 11.7 Å². The van der Waals surface area contributed by atoms with Crippen molar-refractivity contribution in [2.24, 2.45) is 0 Å². The minimum absolute atomic E-state index is 0. The molecule has 0 aliphatic heterocycles. The predicted molar refractivity (Wildman–Crippen MR) is 28.6 cm³/mol. The van der Waals surface area contributed by atoms with Gasteiger partial charge in [0.25, 0.3) is 0 Å². The number of hydrogen-bond acceptors (Lipinski definition) is 5. The molecule has 0 aromatic carbocycles. The normalized spacial score (nSPS) is 8.40. The van der Waals surface area contributed by atoms with Crippen LogP contribution in [0.15, 0.2) is 6.20 Å². The molecule has 0 bridgehead atoms. The molecule has 0 aliphatic rings. The summed E-state index contributed by atoms with van der Waals surface area (Å²) in [5, 5.41) is 9.89. The number of aliphatic carboxylic acids is 1. The Kier molecular flexibility index (Phi) is 5.69. The quantitative estimate of drug-likeness (QED) is 0.435. The van der Waals surface area contributed by atoms with Crippen LogP contribution in [0.3, 0.4) is 0 Å². The van der Waals surface area contributed by atoms with Crippen LogP contribution in [0.2, 0.25) is 0 Å². The van der Waals surface area contributed by atoms with Crippen molar-refractivity contribution >= 4 is 17.7 Å². The number of nitrogens with zero attached hydrogens (tertiary/aromatic N) is 2. The second-order valence-corrected chi connectivity index (χ2v) is 2.00. The fraction of sp³-hybridized carbons (Fsp3) is 0.250. The van der Waals surface area contributed by atoms with Crippen LogP contribution in [-0.2, 0) is 11.2 Å². The van der Waals surface area contributed by atoms with Crippen molar-refractivity contribution in [2.45, 2.75) is 6.42 Å². The summed E-state index contributed by atoms with van der Waals surface area (Å²) in [5.74, 6) is -1.12. The fourth-order valence-electron chi connectivity index (χ4n) is 0.410. The average Bonchev–Trinajstić information content (AvgIpc) is 2.15. The standard InChI is InChI=1S/C4H4N2O2S.K/c7-4(8)1-3-2-5-9-6-3;/h2H,1H2,(H,7,8);/q;+1/p-1. The van der Waals surface area contributed by atoms with Crippen LogP contribution in [0.1, 0.15) is 5.69 Å². The molecule has 0 spiro atoms. The summed E-state index contributed by atoms with van der Waals surface area (Å²) in [5.41, 5.74) is 0.458. The van der Waals surface area contributed by atoms with Gasteiger partial charge in [0, 0.05) is 12.4 Å². The maximum Gasteiger partial charge on any atom is 1.00 e. The summed E-state index contributed by atoms with van der Waals surface area (Å²) in [7, 11) is 0. The Bertz CT molecular complexity index is 201. The van der Waals surface area contributed by atoms with Gasteiger partial charge < -0.3 is 9.90 Å². The first-order valence-corrected chi connectivity index (χ1v) is 2.98. The number of carbonyl (C=O) groups is 1. The van der Waals surface area contributed by atoms with Gasteiger partial charge in [-0.05, 0) is 0 Å². The van der Waals surface area contributed by atoms with Crippen molar-refractivity contribution < 1.29 is 61.3 Å². The van der Waals surface area contributed by atoms with Gasteiger partial charge in [-0.3, -0.25) is 0 Å². The predicted octanol–water partition coefficient (Wildman–Crippen LogP) is -4.17. The second kappa shape index (κ2) is 5.33. The Morgan fingerprint density at radius 2 is 2.50 bits per heavy atom. The van der Waals surface area contributed by atoms with Crippen molar-refractivity contribution in [3.63, 3.8) is 0 Å². The molecular weight excluding hydrogens is 179 g/mol. The fourth-order valence-corrected chi connectivity index (χ4v) is 0.842. The maximum absolute atomic E-state index is 9.89. The van der Waals surface area contributed by atoms with E-state index in [4.69, 9.17) is 0 Å². The van der Waals surface area contributed by atoms with Gasteiger partial charge >= 0.3 is 51.4 Å². The zero-order chi connectivity index (χ0) is 6.69. The third-order valence-corrected chi connectivity index (χ3v) is 1.25. The van der Waals surface area contributed by atoms with E-state index in [0.717, 1.165) is 11.7 Å². The van der Waals surface area contributed by atoms with Gasteiger partial charge in [-0.15, -0.1) is 0 Å². The molecule has 0 aliphatic carbocycles. The van der Waals surface area contributed by atoms with Gasteiger partial charge in [0.15, 0.2) is 0 Å². The number of carboxylic acid groups (broad SMARTS) is 1. The van der Waals surface area contributed by atoms with Gasteiger partial charge in [0.05, 0.1) is 23.6 Å². The van der Waals surface area contributed by atoms with Gasteiger partial charge in [0.1, 0.15) is 0 Å². The van der Waals surface area contributed by atoms with E-state index in [-0.39, 0.29) is 57.8 Å².